The van der Waals surface area contributed by atoms with E-state index in [9.17, 15) is 9.59 Å². The van der Waals surface area contributed by atoms with Gasteiger partial charge in [0.25, 0.3) is 11.8 Å². The van der Waals surface area contributed by atoms with Crippen LogP contribution in [0.5, 0.6) is 11.5 Å². The summed E-state index contributed by atoms with van der Waals surface area (Å²) in [6.07, 6.45) is 5.55. The van der Waals surface area contributed by atoms with E-state index in [0.717, 1.165) is 64.1 Å². The summed E-state index contributed by atoms with van der Waals surface area (Å²) in [5.74, 6) is 0.848. The van der Waals surface area contributed by atoms with Crippen LogP contribution in [0.2, 0.25) is 0 Å². The maximum Gasteiger partial charge on any atom is 0.255 e. The fraction of sp³-hybridized carbons (Fsp3) is 0.375. The number of anilines is 2. The van der Waals surface area contributed by atoms with E-state index in [0.29, 0.717) is 28.3 Å². The molecule has 3 aromatic carbocycles. The average Bonchev–Trinajstić information content (AvgIpc) is 3.47. The van der Waals surface area contributed by atoms with Gasteiger partial charge in [-0.05, 0) is 54.8 Å². The second-order valence-corrected chi connectivity index (χ2v) is 10.8. The molecule has 2 aliphatic heterocycles. The molecule has 3 aliphatic rings. The zero-order chi connectivity index (χ0) is 27.3. The Morgan fingerprint density at radius 2 is 1.57 bits per heavy atom. The molecule has 40 heavy (non-hydrogen) atoms. The molecule has 208 valence electrons. The number of fused-ring (bicyclic) bond motifs is 1. The van der Waals surface area contributed by atoms with Crippen molar-refractivity contribution in [2.24, 2.45) is 0 Å². The number of benzene rings is 3. The normalized spacial score (nSPS) is 17.4. The van der Waals surface area contributed by atoms with Crippen LogP contribution >= 0.6 is 0 Å². The zero-order valence-electron chi connectivity index (χ0n) is 22.7. The number of rotatable bonds is 7. The van der Waals surface area contributed by atoms with E-state index >= 15 is 0 Å². The zero-order valence-corrected chi connectivity index (χ0v) is 22.7. The van der Waals surface area contributed by atoms with Gasteiger partial charge < -0.3 is 25.0 Å². The monoisotopic (exact) mass is 540 g/mol. The molecule has 0 atom stereocenters. The molecule has 0 bridgehead atoms. The van der Waals surface area contributed by atoms with E-state index in [1.54, 1.807) is 18.2 Å². The van der Waals surface area contributed by atoms with Gasteiger partial charge in [-0.25, -0.2) is 0 Å². The van der Waals surface area contributed by atoms with Crippen LogP contribution in [-0.4, -0.2) is 55.7 Å². The summed E-state index contributed by atoms with van der Waals surface area (Å²) in [4.78, 5) is 31.4. The molecule has 3 aromatic rings. The summed E-state index contributed by atoms with van der Waals surface area (Å²) in [5, 5.41) is 6.25. The van der Waals surface area contributed by atoms with Crippen molar-refractivity contribution in [2.45, 2.75) is 44.7 Å². The summed E-state index contributed by atoms with van der Waals surface area (Å²) in [7, 11) is 0. The van der Waals surface area contributed by atoms with Crippen molar-refractivity contribution in [2.75, 3.05) is 43.2 Å². The van der Waals surface area contributed by atoms with Crippen LogP contribution < -0.4 is 25.0 Å². The van der Waals surface area contributed by atoms with Crippen LogP contribution in [0.3, 0.4) is 0 Å². The molecule has 6 rings (SSSR count). The first-order chi connectivity index (χ1) is 19.6. The van der Waals surface area contributed by atoms with E-state index < -0.39 is 0 Å². The number of piperazine rings is 1. The summed E-state index contributed by atoms with van der Waals surface area (Å²) >= 11 is 0. The largest absolute Gasteiger partial charge is 0.454 e. The lowest BCUT2D eigenvalue weighted by atomic mass is 9.95. The quantitative estimate of drug-likeness (QED) is 0.436. The molecule has 0 unspecified atom stereocenters. The van der Waals surface area contributed by atoms with Crippen LogP contribution in [0.25, 0.3) is 0 Å². The SMILES string of the molecule is O=C(Nc1ccc(N2CCN(Cc3ccccc3)CC2)c(C(=O)NC2CCCCC2)c1)c1ccc2c(c1)OCO2. The highest BCUT2D eigenvalue weighted by atomic mass is 16.7. The Balaban J connectivity index is 1.19. The molecule has 8 nitrogen and oxygen atoms in total. The van der Waals surface area contributed by atoms with Gasteiger partial charge in [0.15, 0.2) is 11.5 Å². The third-order valence-electron chi connectivity index (χ3n) is 8.04. The predicted molar refractivity (Wildman–Crippen MR) is 155 cm³/mol. The minimum atomic E-state index is -0.265. The number of carbonyl (C=O) groups excluding carboxylic acids is 2. The molecular formula is C32H36N4O4. The third kappa shape index (κ3) is 6.07. The number of carbonyl (C=O) groups is 2. The maximum atomic E-state index is 13.6. The lowest BCUT2D eigenvalue weighted by Gasteiger charge is -2.37. The number of nitrogens with zero attached hydrogens (tertiary/aromatic N) is 2. The molecule has 0 radical (unpaired) electrons. The van der Waals surface area contributed by atoms with Gasteiger partial charge in [-0.2, -0.15) is 0 Å². The Morgan fingerprint density at radius 1 is 0.800 bits per heavy atom. The van der Waals surface area contributed by atoms with Crippen LogP contribution in [0.1, 0.15) is 58.4 Å². The van der Waals surface area contributed by atoms with Crippen molar-refractivity contribution in [3.63, 3.8) is 0 Å². The lowest BCUT2D eigenvalue weighted by molar-refractivity contribution is 0.0927. The second-order valence-electron chi connectivity index (χ2n) is 10.8. The molecule has 1 aliphatic carbocycles. The average molecular weight is 541 g/mol. The Kier molecular flexibility index (Phi) is 7.86. The van der Waals surface area contributed by atoms with E-state index in [2.05, 4.69) is 44.7 Å². The van der Waals surface area contributed by atoms with Crippen LogP contribution in [0, 0.1) is 0 Å². The van der Waals surface area contributed by atoms with Gasteiger partial charge >= 0.3 is 0 Å². The van der Waals surface area contributed by atoms with Gasteiger partial charge in [0.1, 0.15) is 0 Å². The minimum absolute atomic E-state index is 0.0761. The molecule has 2 fully saturated rings. The number of hydrogen-bond donors (Lipinski definition) is 2. The lowest BCUT2D eigenvalue weighted by Crippen LogP contribution is -2.46. The molecule has 2 amide bonds. The Hall–Kier alpha value is -4.04. The summed E-state index contributed by atoms with van der Waals surface area (Å²) in [6.45, 7) is 4.58. The summed E-state index contributed by atoms with van der Waals surface area (Å²) in [5.41, 5.74) is 3.88. The Morgan fingerprint density at radius 3 is 2.38 bits per heavy atom. The van der Waals surface area contributed by atoms with E-state index in [-0.39, 0.29) is 24.6 Å². The van der Waals surface area contributed by atoms with Gasteiger partial charge in [0, 0.05) is 55.7 Å². The number of amides is 2. The van der Waals surface area contributed by atoms with Gasteiger partial charge in [0.2, 0.25) is 6.79 Å². The van der Waals surface area contributed by atoms with Crippen LogP contribution in [0.4, 0.5) is 11.4 Å². The van der Waals surface area contributed by atoms with Crippen LogP contribution in [0.15, 0.2) is 66.7 Å². The Labute approximate surface area is 235 Å². The molecule has 1 saturated carbocycles. The van der Waals surface area contributed by atoms with Crippen molar-refractivity contribution in [1.29, 1.82) is 0 Å². The molecule has 2 N–H and O–H groups in total. The fourth-order valence-corrected chi connectivity index (χ4v) is 5.81. The smallest absolute Gasteiger partial charge is 0.255 e. The van der Waals surface area contributed by atoms with Crippen molar-refractivity contribution in [3.05, 3.63) is 83.4 Å². The molecule has 2 heterocycles. The summed E-state index contributed by atoms with van der Waals surface area (Å²) in [6, 6.07) is 21.5. The topological polar surface area (TPSA) is 83.1 Å². The van der Waals surface area contributed by atoms with Crippen LogP contribution in [-0.2, 0) is 6.54 Å². The first-order valence-electron chi connectivity index (χ1n) is 14.3. The van der Waals surface area contributed by atoms with E-state index in [4.69, 9.17) is 9.47 Å². The third-order valence-corrected chi connectivity index (χ3v) is 8.04. The van der Waals surface area contributed by atoms with Gasteiger partial charge in [-0.1, -0.05) is 49.6 Å². The Bertz CT molecular complexity index is 1350. The fourth-order valence-electron chi connectivity index (χ4n) is 5.81. The molecule has 8 heteroatoms. The molecule has 0 spiro atoms. The molecule has 1 saturated heterocycles. The van der Waals surface area contributed by atoms with Crippen molar-refractivity contribution in [1.82, 2.24) is 10.2 Å². The highest BCUT2D eigenvalue weighted by Crippen LogP contribution is 2.33. The first-order valence-corrected chi connectivity index (χ1v) is 14.3. The van der Waals surface area contributed by atoms with Gasteiger partial charge in [-0.15, -0.1) is 0 Å². The highest BCUT2D eigenvalue weighted by molar-refractivity contribution is 6.06. The first kappa shape index (κ1) is 26.2. The summed E-state index contributed by atoms with van der Waals surface area (Å²) < 4.78 is 10.8. The second kappa shape index (κ2) is 12.0. The van der Waals surface area contributed by atoms with Gasteiger partial charge in [-0.3, -0.25) is 14.5 Å². The minimum Gasteiger partial charge on any atom is -0.454 e. The van der Waals surface area contributed by atoms with Crippen molar-refractivity contribution >= 4 is 23.2 Å². The highest BCUT2D eigenvalue weighted by Gasteiger charge is 2.25. The van der Waals surface area contributed by atoms with Crippen molar-refractivity contribution in [3.8, 4) is 11.5 Å². The van der Waals surface area contributed by atoms with E-state index in [1.807, 2.05) is 24.3 Å². The number of nitrogens with one attached hydrogen (secondary N) is 2. The van der Waals surface area contributed by atoms with E-state index in [1.165, 1.54) is 12.0 Å². The van der Waals surface area contributed by atoms with Crippen molar-refractivity contribution < 1.29 is 19.1 Å². The molecular weight excluding hydrogens is 504 g/mol. The molecule has 0 aromatic heterocycles. The number of hydrogen-bond acceptors (Lipinski definition) is 6. The standard InChI is InChI=1S/C32H36N4O4/c37-31(24-11-14-29-30(19-24)40-22-39-29)34-26-12-13-28(27(20-26)32(38)33-25-9-5-2-6-10-25)36-17-15-35(16-18-36)21-23-7-3-1-4-8-23/h1,3-4,7-8,11-14,19-20,25H,2,5-6,9-10,15-18,21-22H2,(H,33,38)(H,34,37). The maximum absolute atomic E-state index is 13.6. The predicted octanol–water partition coefficient (Wildman–Crippen LogP) is 5.05. The number of ether oxygens (including phenoxy) is 2. The van der Waals surface area contributed by atoms with Gasteiger partial charge in [0.05, 0.1) is 5.56 Å².